The molecule has 0 saturated carbocycles. The van der Waals surface area contributed by atoms with Crippen molar-refractivity contribution in [3.63, 3.8) is 0 Å². The van der Waals surface area contributed by atoms with Crippen molar-refractivity contribution in [2.45, 2.75) is 60.4 Å². The van der Waals surface area contributed by atoms with Crippen LogP contribution in [0.1, 0.15) is 61.9 Å². The maximum atomic E-state index is 4.74. The second-order valence-electron chi connectivity index (χ2n) is 8.39. The van der Waals surface area contributed by atoms with Crippen molar-refractivity contribution in [1.82, 2.24) is 0 Å². The van der Waals surface area contributed by atoms with Crippen LogP contribution in [0, 0.1) is 20.8 Å². The van der Waals surface area contributed by atoms with Crippen LogP contribution in [0.2, 0.25) is 0 Å². The summed E-state index contributed by atoms with van der Waals surface area (Å²) in [6.45, 7) is 16.6. The molecule has 0 amide bonds. The highest BCUT2D eigenvalue weighted by atomic mass is 15.2. The van der Waals surface area contributed by atoms with Crippen molar-refractivity contribution in [3.05, 3.63) is 64.2 Å². The number of hydrogen-bond acceptors (Lipinski definition) is 2. The first kappa shape index (κ1) is 19.4. The van der Waals surface area contributed by atoms with E-state index in [2.05, 4.69) is 89.8 Å². The molecular weight excluding hydrogens is 328 g/mol. The van der Waals surface area contributed by atoms with Crippen molar-refractivity contribution in [1.29, 1.82) is 0 Å². The molecule has 2 nitrogen and oxygen atoms in total. The molecule has 1 aliphatic heterocycles. The number of aliphatic imine (C=N–C) groups is 1. The summed E-state index contributed by atoms with van der Waals surface area (Å²) >= 11 is 0. The topological polar surface area (TPSA) is 15.6 Å². The molecule has 2 aromatic rings. The van der Waals surface area contributed by atoms with Crippen molar-refractivity contribution >= 4 is 23.2 Å². The van der Waals surface area contributed by atoms with Crippen molar-refractivity contribution in [2.24, 2.45) is 4.99 Å². The smallest absolute Gasteiger partial charge is 0.0632 e. The maximum absolute atomic E-state index is 4.74. The number of anilines is 1. The molecule has 0 radical (unpaired) electrons. The molecule has 0 aromatic heterocycles. The van der Waals surface area contributed by atoms with E-state index < -0.39 is 0 Å². The first-order chi connectivity index (χ1) is 12.7. The molecule has 1 heterocycles. The van der Waals surface area contributed by atoms with Gasteiger partial charge in [-0.25, -0.2) is 0 Å². The third-order valence-electron chi connectivity index (χ3n) is 5.66. The van der Waals surface area contributed by atoms with Gasteiger partial charge in [0.15, 0.2) is 0 Å². The quantitative estimate of drug-likeness (QED) is 0.549. The summed E-state index contributed by atoms with van der Waals surface area (Å²) in [5.41, 5.74) is 10.1. The Kier molecular flexibility index (Phi) is 5.28. The van der Waals surface area contributed by atoms with E-state index in [1.807, 2.05) is 6.21 Å². The number of hydrogen-bond donors (Lipinski definition) is 0. The molecule has 0 bridgehead atoms. The van der Waals surface area contributed by atoms with Crippen LogP contribution in [0.25, 0.3) is 5.57 Å². The van der Waals surface area contributed by atoms with E-state index in [0.29, 0.717) is 0 Å². The van der Waals surface area contributed by atoms with E-state index >= 15 is 0 Å². The average Bonchev–Trinajstić information content (AvgIpc) is 2.59. The summed E-state index contributed by atoms with van der Waals surface area (Å²) in [5, 5.41) is 0. The fourth-order valence-electron chi connectivity index (χ4n) is 3.97. The first-order valence-corrected chi connectivity index (χ1v) is 9.96. The Morgan fingerprint density at radius 1 is 0.963 bits per heavy atom. The summed E-state index contributed by atoms with van der Waals surface area (Å²) in [7, 11) is 0. The standard InChI is InChI=1S/C25H32N2/c1-8-11-27-24-13-19(4)21(14-23(24)20(5)15-25(27,6)7)16-26-22-10-9-17(2)18(3)12-22/h9-10,12-16H,8,11H2,1-7H3. The number of rotatable bonds is 4. The first-order valence-electron chi connectivity index (χ1n) is 9.96. The lowest BCUT2D eigenvalue weighted by Crippen LogP contribution is -2.45. The predicted molar refractivity (Wildman–Crippen MR) is 120 cm³/mol. The SMILES string of the molecule is CCCN1c2cc(C)c(C=Nc3ccc(C)c(C)c3)cc2C(C)=CC1(C)C. The van der Waals surface area contributed by atoms with Crippen LogP contribution in [0.15, 0.2) is 41.4 Å². The molecular formula is C25H32N2. The lowest BCUT2D eigenvalue weighted by atomic mass is 9.87. The van der Waals surface area contributed by atoms with Crippen LogP contribution in [0.3, 0.4) is 0 Å². The Hall–Kier alpha value is -2.35. The van der Waals surface area contributed by atoms with E-state index in [1.54, 1.807) is 0 Å². The molecule has 0 spiro atoms. The zero-order valence-electron chi connectivity index (χ0n) is 17.9. The van der Waals surface area contributed by atoms with Crippen molar-refractivity contribution in [3.8, 4) is 0 Å². The van der Waals surface area contributed by atoms with Crippen LogP contribution in [0.5, 0.6) is 0 Å². The maximum Gasteiger partial charge on any atom is 0.0632 e. The van der Waals surface area contributed by atoms with Gasteiger partial charge < -0.3 is 4.90 Å². The largest absolute Gasteiger partial charge is 0.362 e. The molecule has 142 valence electrons. The summed E-state index contributed by atoms with van der Waals surface area (Å²) in [4.78, 5) is 7.27. The number of fused-ring (bicyclic) bond motifs is 1. The van der Waals surface area contributed by atoms with Gasteiger partial charge in [0.05, 0.1) is 11.2 Å². The van der Waals surface area contributed by atoms with E-state index in [1.165, 1.54) is 39.1 Å². The van der Waals surface area contributed by atoms with Gasteiger partial charge in [-0.15, -0.1) is 0 Å². The molecule has 1 aliphatic rings. The van der Waals surface area contributed by atoms with E-state index in [4.69, 9.17) is 4.99 Å². The minimum atomic E-state index is 0.0502. The fourth-order valence-corrected chi connectivity index (χ4v) is 3.97. The Labute approximate surface area is 164 Å². The van der Waals surface area contributed by atoms with Crippen molar-refractivity contribution < 1.29 is 0 Å². The Bertz CT molecular complexity index is 916. The normalized spacial score (nSPS) is 15.8. The number of allylic oxidation sites excluding steroid dienone is 1. The van der Waals surface area contributed by atoms with Gasteiger partial charge in [-0.05, 0) is 100 Å². The predicted octanol–water partition coefficient (Wildman–Crippen LogP) is 6.77. The molecule has 2 aromatic carbocycles. The van der Waals surface area contributed by atoms with Gasteiger partial charge in [-0.3, -0.25) is 4.99 Å². The van der Waals surface area contributed by atoms with Crippen LogP contribution in [0.4, 0.5) is 11.4 Å². The van der Waals surface area contributed by atoms with Crippen LogP contribution in [-0.2, 0) is 0 Å². The van der Waals surface area contributed by atoms with Gasteiger partial charge in [-0.2, -0.15) is 0 Å². The molecule has 0 N–H and O–H groups in total. The summed E-state index contributed by atoms with van der Waals surface area (Å²) < 4.78 is 0. The fraction of sp³-hybridized carbons (Fsp3) is 0.400. The summed E-state index contributed by atoms with van der Waals surface area (Å²) in [6.07, 6.45) is 5.55. The lowest BCUT2D eigenvalue weighted by molar-refractivity contribution is 0.550. The van der Waals surface area contributed by atoms with E-state index in [9.17, 15) is 0 Å². The number of aryl methyl sites for hydroxylation is 3. The van der Waals surface area contributed by atoms with Crippen LogP contribution in [-0.4, -0.2) is 18.3 Å². The number of benzene rings is 2. The minimum absolute atomic E-state index is 0.0502. The van der Waals surface area contributed by atoms with Crippen LogP contribution >= 0.6 is 0 Å². The average molecular weight is 361 g/mol. The minimum Gasteiger partial charge on any atom is -0.362 e. The van der Waals surface area contributed by atoms with Crippen LogP contribution < -0.4 is 4.90 Å². The lowest BCUT2D eigenvalue weighted by Gasteiger charge is -2.43. The molecule has 2 heteroatoms. The molecule has 0 unspecified atom stereocenters. The monoisotopic (exact) mass is 360 g/mol. The summed E-state index contributed by atoms with van der Waals surface area (Å²) in [6, 6.07) is 11.0. The van der Waals surface area contributed by atoms with Crippen molar-refractivity contribution in [2.75, 3.05) is 11.4 Å². The molecule has 0 fully saturated rings. The van der Waals surface area contributed by atoms with Gasteiger partial charge >= 0.3 is 0 Å². The number of nitrogens with zero attached hydrogens (tertiary/aromatic N) is 2. The summed E-state index contributed by atoms with van der Waals surface area (Å²) in [5.74, 6) is 0. The molecule has 0 saturated heterocycles. The molecule has 27 heavy (non-hydrogen) atoms. The third-order valence-corrected chi connectivity index (χ3v) is 5.66. The molecule has 0 atom stereocenters. The Morgan fingerprint density at radius 3 is 2.37 bits per heavy atom. The van der Waals surface area contributed by atoms with Gasteiger partial charge in [0.1, 0.15) is 0 Å². The second-order valence-corrected chi connectivity index (χ2v) is 8.39. The van der Waals surface area contributed by atoms with Gasteiger partial charge in [0, 0.05) is 24.0 Å². The van der Waals surface area contributed by atoms with E-state index in [0.717, 1.165) is 18.7 Å². The Balaban J connectivity index is 2.02. The highest BCUT2D eigenvalue weighted by molar-refractivity contribution is 5.90. The molecule has 0 aliphatic carbocycles. The van der Waals surface area contributed by atoms with Gasteiger partial charge in [0.2, 0.25) is 0 Å². The highest BCUT2D eigenvalue weighted by Gasteiger charge is 2.30. The zero-order chi connectivity index (χ0) is 19.8. The van der Waals surface area contributed by atoms with Gasteiger partial charge in [0.25, 0.3) is 0 Å². The van der Waals surface area contributed by atoms with Gasteiger partial charge in [-0.1, -0.05) is 19.1 Å². The molecule has 3 rings (SSSR count). The zero-order valence-corrected chi connectivity index (χ0v) is 17.9. The second kappa shape index (κ2) is 7.34. The highest BCUT2D eigenvalue weighted by Crippen LogP contribution is 2.40. The van der Waals surface area contributed by atoms with E-state index in [-0.39, 0.29) is 5.54 Å². The third kappa shape index (κ3) is 3.85. The Morgan fingerprint density at radius 2 is 1.70 bits per heavy atom.